The molecule has 0 unspecified atom stereocenters. The minimum Gasteiger partial charge on any atom is -0.490 e. The number of fused-ring (bicyclic) bond motifs is 3. The van der Waals surface area contributed by atoms with Crippen molar-refractivity contribution < 1.29 is 9.47 Å². The SMILES string of the molecule is CCCCCOc1ccc(C=c2sc3nc4ccccc4n3c2=O)cc1OCC. The van der Waals surface area contributed by atoms with E-state index in [1.165, 1.54) is 11.3 Å². The molecule has 2 aromatic heterocycles. The Bertz CT molecular complexity index is 1240. The number of ether oxygens (including phenoxy) is 2. The molecule has 0 saturated heterocycles. The molecule has 0 radical (unpaired) electrons. The maximum absolute atomic E-state index is 12.9. The lowest BCUT2D eigenvalue weighted by Gasteiger charge is -2.12. The number of para-hydroxylation sites is 2. The number of hydrogen-bond acceptors (Lipinski definition) is 5. The van der Waals surface area contributed by atoms with Crippen LogP contribution in [0, 0.1) is 0 Å². The lowest BCUT2D eigenvalue weighted by atomic mass is 10.2. The number of nitrogens with zero attached hydrogens (tertiary/aromatic N) is 2. The van der Waals surface area contributed by atoms with E-state index in [4.69, 9.17) is 9.47 Å². The number of benzene rings is 2. The summed E-state index contributed by atoms with van der Waals surface area (Å²) in [6.45, 7) is 5.36. The summed E-state index contributed by atoms with van der Waals surface area (Å²) < 4.78 is 14.0. The van der Waals surface area contributed by atoms with Crippen molar-refractivity contribution in [1.82, 2.24) is 9.38 Å². The Morgan fingerprint density at radius 3 is 2.76 bits per heavy atom. The molecule has 0 aliphatic rings. The van der Waals surface area contributed by atoms with E-state index in [-0.39, 0.29) is 5.56 Å². The zero-order valence-electron chi connectivity index (χ0n) is 16.7. The number of imidazole rings is 1. The van der Waals surface area contributed by atoms with Gasteiger partial charge in [-0.05, 0) is 49.2 Å². The van der Waals surface area contributed by atoms with Crippen LogP contribution in [0.2, 0.25) is 0 Å². The maximum Gasteiger partial charge on any atom is 0.274 e. The number of hydrogen-bond donors (Lipinski definition) is 0. The first kappa shape index (κ1) is 19.5. The van der Waals surface area contributed by atoms with Crippen LogP contribution in [-0.4, -0.2) is 22.6 Å². The largest absolute Gasteiger partial charge is 0.490 e. The van der Waals surface area contributed by atoms with Crippen LogP contribution in [0.15, 0.2) is 47.3 Å². The lowest BCUT2D eigenvalue weighted by molar-refractivity contribution is 0.271. The highest BCUT2D eigenvalue weighted by atomic mass is 32.1. The van der Waals surface area contributed by atoms with Gasteiger partial charge in [0.2, 0.25) is 0 Å². The predicted molar refractivity (Wildman–Crippen MR) is 118 cm³/mol. The van der Waals surface area contributed by atoms with E-state index in [1.54, 1.807) is 4.40 Å². The first-order valence-corrected chi connectivity index (χ1v) is 10.8. The van der Waals surface area contributed by atoms with Crippen molar-refractivity contribution in [2.45, 2.75) is 33.1 Å². The van der Waals surface area contributed by atoms with E-state index in [0.29, 0.717) is 28.5 Å². The molecule has 5 nitrogen and oxygen atoms in total. The normalized spacial score (nSPS) is 12.1. The van der Waals surface area contributed by atoms with E-state index in [2.05, 4.69) is 11.9 Å². The van der Waals surface area contributed by atoms with Gasteiger partial charge in [-0.2, -0.15) is 0 Å². The van der Waals surface area contributed by atoms with Gasteiger partial charge in [-0.25, -0.2) is 9.38 Å². The first-order chi connectivity index (χ1) is 14.2. The third-order valence-electron chi connectivity index (χ3n) is 4.72. The van der Waals surface area contributed by atoms with Gasteiger partial charge < -0.3 is 9.47 Å². The summed E-state index contributed by atoms with van der Waals surface area (Å²) >= 11 is 1.40. The highest BCUT2D eigenvalue weighted by Gasteiger charge is 2.11. The van der Waals surface area contributed by atoms with Crippen LogP contribution >= 0.6 is 11.3 Å². The summed E-state index contributed by atoms with van der Waals surface area (Å²) in [4.78, 5) is 18.2. The standard InChI is InChI=1S/C23H24N2O3S/c1-3-5-8-13-28-19-12-11-16(14-20(19)27-4-2)15-21-22(26)25-18-10-7-6-9-17(18)24-23(25)29-21/h6-7,9-12,14-15H,3-5,8,13H2,1-2H3. The fraction of sp³-hybridized carbons (Fsp3) is 0.304. The second-order valence-electron chi connectivity index (χ2n) is 6.83. The van der Waals surface area contributed by atoms with E-state index >= 15 is 0 Å². The molecular weight excluding hydrogens is 384 g/mol. The molecule has 29 heavy (non-hydrogen) atoms. The number of unbranched alkanes of at least 4 members (excludes halogenated alkanes) is 2. The highest BCUT2D eigenvalue weighted by Crippen LogP contribution is 2.29. The molecule has 0 spiro atoms. The minimum absolute atomic E-state index is 0.0449. The molecule has 2 aromatic carbocycles. The third kappa shape index (κ3) is 3.98. The molecule has 0 amide bonds. The topological polar surface area (TPSA) is 52.8 Å². The molecule has 4 rings (SSSR count). The highest BCUT2D eigenvalue weighted by molar-refractivity contribution is 7.15. The van der Waals surface area contributed by atoms with Gasteiger partial charge in [0.15, 0.2) is 16.5 Å². The van der Waals surface area contributed by atoms with E-state index in [1.807, 2.05) is 55.5 Å². The fourth-order valence-corrected chi connectivity index (χ4v) is 4.29. The van der Waals surface area contributed by atoms with Gasteiger partial charge in [-0.15, -0.1) is 0 Å². The van der Waals surface area contributed by atoms with Crippen LogP contribution in [0.3, 0.4) is 0 Å². The van der Waals surface area contributed by atoms with E-state index in [0.717, 1.165) is 41.6 Å². The summed E-state index contributed by atoms with van der Waals surface area (Å²) in [5.74, 6) is 1.45. The number of rotatable bonds is 8. The molecule has 0 fully saturated rings. The van der Waals surface area contributed by atoms with Crippen molar-refractivity contribution in [3.05, 3.63) is 62.9 Å². The monoisotopic (exact) mass is 408 g/mol. The minimum atomic E-state index is -0.0449. The van der Waals surface area contributed by atoms with E-state index < -0.39 is 0 Å². The first-order valence-electron chi connectivity index (χ1n) is 10.0. The molecule has 0 aliphatic heterocycles. The van der Waals surface area contributed by atoms with Gasteiger partial charge in [0.1, 0.15) is 0 Å². The summed E-state index contributed by atoms with van der Waals surface area (Å²) in [5, 5.41) is 0. The predicted octanol–water partition coefficient (Wildman–Crippen LogP) is 4.42. The molecule has 0 bridgehead atoms. The van der Waals surface area contributed by atoms with Crippen molar-refractivity contribution in [2.24, 2.45) is 0 Å². The average molecular weight is 409 g/mol. The molecular formula is C23H24N2O3S. The quantitative estimate of drug-likeness (QED) is 0.405. The molecule has 150 valence electrons. The molecule has 4 aromatic rings. The van der Waals surface area contributed by atoms with Gasteiger partial charge >= 0.3 is 0 Å². The van der Waals surface area contributed by atoms with Gasteiger partial charge in [0.25, 0.3) is 5.56 Å². The Morgan fingerprint density at radius 2 is 1.93 bits per heavy atom. The Labute approximate surface area is 173 Å². The van der Waals surface area contributed by atoms with Crippen LogP contribution in [0.1, 0.15) is 38.7 Å². The summed E-state index contributed by atoms with van der Waals surface area (Å²) in [7, 11) is 0. The zero-order valence-corrected chi connectivity index (χ0v) is 17.5. The second kappa shape index (κ2) is 8.66. The van der Waals surface area contributed by atoms with Crippen LogP contribution in [0.25, 0.3) is 22.1 Å². The lowest BCUT2D eigenvalue weighted by Crippen LogP contribution is -2.22. The molecule has 0 atom stereocenters. The molecule has 2 heterocycles. The fourth-order valence-electron chi connectivity index (χ4n) is 3.30. The van der Waals surface area contributed by atoms with E-state index in [9.17, 15) is 4.79 Å². The number of thiazole rings is 1. The maximum atomic E-state index is 12.9. The van der Waals surface area contributed by atoms with Crippen LogP contribution in [0.4, 0.5) is 0 Å². The second-order valence-corrected chi connectivity index (χ2v) is 7.84. The van der Waals surface area contributed by atoms with Crippen molar-refractivity contribution in [2.75, 3.05) is 13.2 Å². The number of aromatic nitrogens is 2. The van der Waals surface area contributed by atoms with Crippen LogP contribution in [-0.2, 0) is 0 Å². The van der Waals surface area contributed by atoms with Gasteiger partial charge in [-0.3, -0.25) is 4.79 Å². The summed E-state index contributed by atoms with van der Waals surface area (Å²) in [5.41, 5.74) is 2.54. The Kier molecular flexibility index (Phi) is 5.81. The molecule has 6 heteroatoms. The smallest absolute Gasteiger partial charge is 0.274 e. The van der Waals surface area contributed by atoms with Crippen molar-refractivity contribution in [3.63, 3.8) is 0 Å². The van der Waals surface area contributed by atoms with Gasteiger partial charge in [0, 0.05) is 0 Å². The average Bonchev–Trinajstić information content (AvgIpc) is 3.23. The molecule has 0 aliphatic carbocycles. The van der Waals surface area contributed by atoms with Gasteiger partial charge in [-0.1, -0.05) is 49.3 Å². The van der Waals surface area contributed by atoms with Crippen LogP contribution in [0.5, 0.6) is 11.5 Å². The third-order valence-corrected chi connectivity index (χ3v) is 5.68. The van der Waals surface area contributed by atoms with Crippen LogP contribution < -0.4 is 19.6 Å². The van der Waals surface area contributed by atoms with Crippen molar-refractivity contribution in [1.29, 1.82) is 0 Å². The summed E-state index contributed by atoms with van der Waals surface area (Å²) in [6.07, 6.45) is 5.22. The van der Waals surface area contributed by atoms with Crippen molar-refractivity contribution >= 4 is 33.4 Å². The van der Waals surface area contributed by atoms with Crippen molar-refractivity contribution in [3.8, 4) is 11.5 Å². The Hall–Kier alpha value is -2.86. The summed E-state index contributed by atoms with van der Waals surface area (Å²) in [6, 6.07) is 13.5. The zero-order chi connectivity index (χ0) is 20.2. The molecule has 0 N–H and O–H groups in total. The Balaban J connectivity index is 1.69. The van der Waals surface area contributed by atoms with Gasteiger partial charge in [0.05, 0.1) is 28.8 Å². The molecule has 0 saturated carbocycles. The Morgan fingerprint density at radius 1 is 1.07 bits per heavy atom.